The molecule has 0 heterocycles. The van der Waals surface area contributed by atoms with Crippen LogP contribution >= 0.6 is 0 Å². The molecule has 0 unspecified atom stereocenters. The van der Waals surface area contributed by atoms with Gasteiger partial charge in [0.05, 0.1) is 0 Å². The summed E-state index contributed by atoms with van der Waals surface area (Å²) >= 11 is 0. The SMILES string of the molecule is C=CCOc1ccc(C(=O)c2ccc(O)cc2)cc1. The Morgan fingerprint density at radius 2 is 1.58 bits per heavy atom. The minimum atomic E-state index is -0.0877. The van der Waals surface area contributed by atoms with Crippen LogP contribution in [0.5, 0.6) is 11.5 Å². The third kappa shape index (κ3) is 3.22. The predicted molar refractivity (Wildman–Crippen MR) is 73.7 cm³/mol. The van der Waals surface area contributed by atoms with E-state index in [0.29, 0.717) is 23.5 Å². The van der Waals surface area contributed by atoms with Crippen LogP contribution in [0.1, 0.15) is 15.9 Å². The van der Waals surface area contributed by atoms with Crippen LogP contribution in [0.2, 0.25) is 0 Å². The molecule has 3 heteroatoms. The van der Waals surface area contributed by atoms with Gasteiger partial charge in [0.15, 0.2) is 5.78 Å². The van der Waals surface area contributed by atoms with Gasteiger partial charge < -0.3 is 9.84 Å². The highest BCUT2D eigenvalue weighted by atomic mass is 16.5. The smallest absolute Gasteiger partial charge is 0.193 e. The van der Waals surface area contributed by atoms with Crippen LogP contribution < -0.4 is 4.74 Å². The Balaban J connectivity index is 2.15. The van der Waals surface area contributed by atoms with Crippen molar-refractivity contribution in [2.75, 3.05) is 6.61 Å². The summed E-state index contributed by atoms with van der Waals surface area (Å²) in [7, 11) is 0. The predicted octanol–water partition coefficient (Wildman–Crippen LogP) is 3.19. The Bertz CT molecular complexity index is 568. The van der Waals surface area contributed by atoms with Gasteiger partial charge in [-0.15, -0.1) is 0 Å². The molecule has 0 aliphatic carbocycles. The molecule has 0 fully saturated rings. The second-order valence-corrected chi connectivity index (χ2v) is 4.00. The first-order valence-electron chi connectivity index (χ1n) is 5.88. The summed E-state index contributed by atoms with van der Waals surface area (Å²) in [6, 6.07) is 13.1. The Kier molecular flexibility index (Phi) is 3.98. The number of phenolic OH excluding ortho intramolecular Hbond substituents is 1. The van der Waals surface area contributed by atoms with Gasteiger partial charge in [0.2, 0.25) is 0 Å². The summed E-state index contributed by atoms with van der Waals surface area (Å²) < 4.78 is 5.35. The van der Waals surface area contributed by atoms with Crippen molar-refractivity contribution in [2.24, 2.45) is 0 Å². The van der Waals surface area contributed by atoms with E-state index in [4.69, 9.17) is 4.74 Å². The van der Waals surface area contributed by atoms with Gasteiger partial charge in [0, 0.05) is 11.1 Å². The molecule has 0 aliphatic heterocycles. The number of hydrogen-bond donors (Lipinski definition) is 1. The average Bonchev–Trinajstić information content (AvgIpc) is 2.46. The van der Waals surface area contributed by atoms with Gasteiger partial charge in [-0.1, -0.05) is 12.7 Å². The van der Waals surface area contributed by atoms with Crippen molar-refractivity contribution in [3.63, 3.8) is 0 Å². The number of ether oxygens (including phenoxy) is 1. The van der Waals surface area contributed by atoms with Crippen molar-refractivity contribution >= 4 is 5.78 Å². The molecule has 3 nitrogen and oxygen atoms in total. The number of carbonyl (C=O) groups is 1. The van der Waals surface area contributed by atoms with Gasteiger partial charge in [-0.2, -0.15) is 0 Å². The third-order valence-electron chi connectivity index (χ3n) is 2.61. The number of phenols is 1. The number of rotatable bonds is 5. The van der Waals surface area contributed by atoms with E-state index in [1.807, 2.05) is 0 Å². The average molecular weight is 254 g/mol. The van der Waals surface area contributed by atoms with E-state index >= 15 is 0 Å². The Hall–Kier alpha value is -2.55. The summed E-state index contributed by atoms with van der Waals surface area (Å²) in [4.78, 5) is 12.1. The van der Waals surface area contributed by atoms with E-state index in [9.17, 15) is 9.90 Å². The zero-order valence-electron chi connectivity index (χ0n) is 10.4. The second-order valence-electron chi connectivity index (χ2n) is 4.00. The Morgan fingerprint density at radius 1 is 1.05 bits per heavy atom. The van der Waals surface area contributed by atoms with Gasteiger partial charge in [-0.3, -0.25) is 4.79 Å². The fourth-order valence-corrected chi connectivity index (χ4v) is 1.64. The molecule has 0 bridgehead atoms. The van der Waals surface area contributed by atoms with Crippen LogP contribution in [0.15, 0.2) is 61.2 Å². The molecule has 0 saturated carbocycles. The topological polar surface area (TPSA) is 46.5 Å². The lowest BCUT2D eigenvalue weighted by atomic mass is 10.0. The first-order chi connectivity index (χ1) is 9.20. The second kappa shape index (κ2) is 5.87. The number of ketones is 1. The number of hydrogen-bond acceptors (Lipinski definition) is 3. The van der Waals surface area contributed by atoms with E-state index in [-0.39, 0.29) is 11.5 Å². The third-order valence-corrected chi connectivity index (χ3v) is 2.61. The molecule has 2 rings (SSSR count). The van der Waals surface area contributed by atoms with Gasteiger partial charge in [0.1, 0.15) is 18.1 Å². The fourth-order valence-electron chi connectivity index (χ4n) is 1.64. The van der Waals surface area contributed by atoms with Crippen LogP contribution in [-0.2, 0) is 0 Å². The van der Waals surface area contributed by atoms with E-state index in [1.165, 1.54) is 12.1 Å². The highest BCUT2D eigenvalue weighted by Gasteiger charge is 2.08. The molecule has 2 aromatic rings. The maximum Gasteiger partial charge on any atom is 0.193 e. The van der Waals surface area contributed by atoms with Crippen LogP contribution in [0, 0.1) is 0 Å². The van der Waals surface area contributed by atoms with Crippen molar-refractivity contribution in [3.05, 3.63) is 72.3 Å². The lowest BCUT2D eigenvalue weighted by molar-refractivity contribution is 0.103. The number of aromatic hydroxyl groups is 1. The zero-order valence-corrected chi connectivity index (χ0v) is 10.4. The molecule has 0 atom stereocenters. The van der Waals surface area contributed by atoms with Crippen LogP contribution in [-0.4, -0.2) is 17.5 Å². The highest BCUT2D eigenvalue weighted by molar-refractivity contribution is 6.09. The molecule has 0 radical (unpaired) electrons. The molecule has 0 spiro atoms. The maximum absolute atomic E-state index is 12.1. The van der Waals surface area contributed by atoms with Crippen LogP contribution in [0.4, 0.5) is 0 Å². The van der Waals surface area contributed by atoms with E-state index in [1.54, 1.807) is 42.5 Å². The quantitative estimate of drug-likeness (QED) is 0.658. The summed E-state index contributed by atoms with van der Waals surface area (Å²) in [5.74, 6) is 0.752. The largest absolute Gasteiger partial charge is 0.508 e. The molecule has 0 aromatic heterocycles. The van der Waals surface area contributed by atoms with Gasteiger partial charge in [0.25, 0.3) is 0 Å². The maximum atomic E-state index is 12.1. The highest BCUT2D eigenvalue weighted by Crippen LogP contribution is 2.17. The van der Waals surface area contributed by atoms with E-state index < -0.39 is 0 Å². The Labute approximate surface area is 111 Å². The summed E-state index contributed by atoms with van der Waals surface area (Å²) in [5, 5.41) is 9.19. The van der Waals surface area contributed by atoms with E-state index in [0.717, 1.165) is 0 Å². The van der Waals surface area contributed by atoms with Crippen molar-refractivity contribution in [1.82, 2.24) is 0 Å². The Morgan fingerprint density at radius 3 is 2.11 bits per heavy atom. The molecule has 19 heavy (non-hydrogen) atoms. The molecule has 96 valence electrons. The number of carbonyl (C=O) groups excluding carboxylic acids is 1. The van der Waals surface area contributed by atoms with Gasteiger partial charge >= 0.3 is 0 Å². The van der Waals surface area contributed by atoms with Gasteiger partial charge in [-0.25, -0.2) is 0 Å². The molecule has 0 saturated heterocycles. The van der Waals surface area contributed by atoms with Crippen LogP contribution in [0.25, 0.3) is 0 Å². The monoisotopic (exact) mass is 254 g/mol. The first-order valence-corrected chi connectivity index (χ1v) is 5.88. The molecule has 2 aromatic carbocycles. The van der Waals surface area contributed by atoms with E-state index in [2.05, 4.69) is 6.58 Å². The molecule has 0 aliphatic rings. The molecular formula is C16H14O3. The zero-order chi connectivity index (χ0) is 13.7. The summed E-state index contributed by atoms with van der Waals surface area (Å²) in [6.45, 7) is 4.00. The summed E-state index contributed by atoms with van der Waals surface area (Å²) in [5.41, 5.74) is 1.12. The van der Waals surface area contributed by atoms with Crippen molar-refractivity contribution in [1.29, 1.82) is 0 Å². The minimum absolute atomic E-state index is 0.0877. The summed E-state index contributed by atoms with van der Waals surface area (Å²) in [6.07, 6.45) is 1.66. The van der Waals surface area contributed by atoms with Gasteiger partial charge in [-0.05, 0) is 48.5 Å². The van der Waals surface area contributed by atoms with Crippen molar-refractivity contribution in [2.45, 2.75) is 0 Å². The lowest BCUT2D eigenvalue weighted by Crippen LogP contribution is -2.01. The lowest BCUT2D eigenvalue weighted by Gasteiger charge is -2.05. The molecule has 0 amide bonds. The number of benzene rings is 2. The van der Waals surface area contributed by atoms with Crippen molar-refractivity contribution < 1.29 is 14.6 Å². The normalized spacial score (nSPS) is 9.89. The molecule has 1 N–H and O–H groups in total. The van der Waals surface area contributed by atoms with Crippen LogP contribution in [0.3, 0.4) is 0 Å². The minimum Gasteiger partial charge on any atom is -0.508 e. The van der Waals surface area contributed by atoms with Crippen molar-refractivity contribution in [3.8, 4) is 11.5 Å². The molecular weight excluding hydrogens is 240 g/mol. The standard InChI is InChI=1S/C16H14O3/c1-2-11-19-15-9-5-13(6-10-15)16(18)12-3-7-14(17)8-4-12/h2-10,17H,1,11H2. The fraction of sp³-hybridized carbons (Fsp3) is 0.0625. The first kappa shape index (κ1) is 12.9.